The van der Waals surface area contributed by atoms with Crippen molar-refractivity contribution in [2.24, 2.45) is 0 Å². The van der Waals surface area contributed by atoms with Crippen molar-refractivity contribution >= 4 is 22.9 Å². The van der Waals surface area contributed by atoms with Crippen molar-refractivity contribution in [1.82, 2.24) is 39.5 Å². The molecule has 236 valence electrons. The highest BCUT2D eigenvalue weighted by molar-refractivity contribution is 5.87. The summed E-state index contributed by atoms with van der Waals surface area (Å²) in [4.78, 5) is 27.1. The molecule has 1 aliphatic heterocycles. The zero-order chi connectivity index (χ0) is 31.8. The second-order valence-electron chi connectivity index (χ2n) is 12.2. The lowest BCUT2D eigenvalue weighted by Gasteiger charge is -2.30. The van der Waals surface area contributed by atoms with Gasteiger partial charge in [-0.1, -0.05) is 12.6 Å². The summed E-state index contributed by atoms with van der Waals surface area (Å²) >= 11 is 0. The van der Waals surface area contributed by atoms with Gasteiger partial charge >= 0.3 is 0 Å². The summed E-state index contributed by atoms with van der Waals surface area (Å²) in [6.07, 6.45) is 11.3. The number of likely N-dealkylation sites (tertiary alicyclic amines) is 1. The molecular formula is C35H38FN9O. The molecule has 0 unspecified atom stereocenters. The molecule has 8 rings (SSSR count). The Morgan fingerprint density at radius 3 is 2.63 bits per heavy atom. The van der Waals surface area contributed by atoms with Gasteiger partial charge in [0.25, 0.3) is 0 Å². The summed E-state index contributed by atoms with van der Waals surface area (Å²) in [5.41, 5.74) is 11.3. The van der Waals surface area contributed by atoms with Gasteiger partial charge in [-0.15, -0.1) is 0 Å². The van der Waals surface area contributed by atoms with Crippen molar-refractivity contribution < 1.29 is 9.18 Å². The van der Waals surface area contributed by atoms with E-state index in [4.69, 9.17) is 15.7 Å². The number of imidazole rings is 1. The predicted molar refractivity (Wildman–Crippen MR) is 177 cm³/mol. The van der Waals surface area contributed by atoms with E-state index in [2.05, 4.69) is 40.2 Å². The highest BCUT2D eigenvalue weighted by Gasteiger charge is 2.47. The molecule has 1 aromatic carbocycles. The fraction of sp³-hybridized carbons (Fsp3) is 0.343. The van der Waals surface area contributed by atoms with Gasteiger partial charge in [0.15, 0.2) is 23.0 Å². The average molecular weight is 620 g/mol. The topological polar surface area (TPSA) is 120 Å². The van der Waals surface area contributed by atoms with Crippen molar-refractivity contribution in [3.63, 3.8) is 0 Å². The number of aryl methyl sites for hydroxylation is 2. The standard InChI is InChI=1S/C26H22FN7.C9H16N2O/c27-26(11-12-26)21-10-14-33(32-21)22-9-8-20-25(31-22)34(18-7-6-16-3-1-4-17(16)15-18)24(30-20)19-5-2-13-29-23(19)28;1-3-9(12)11-6-4-8(10-2)5-7-11/h2,5-10,13-15H,1,3-4,11-12H2,(H2,28,29);3,8,10H,1,4-7H2,2H3. The fourth-order valence-corrected chi connectivity index (χ4v) is 6.38. The molecule has 0 radical (unpaired) electrons. The highest BCUT2D eigenvalue weighted by Crippen LogP contribution is 2.48. The summed E-state index contributed by atoms with van der Waals surface area (Å²) < 4.78 is 18.2. The molecule has 46 heavy (non-hydrogen) atoms. The minimum atomic E-state index is -1.29. The quantitative estimate of drug-likeness (QED) is 0.255. The number of hydrogen-bond acceptors (Lipinski definition) is 7. The fourth-order valence-electron chi connectivity index (χ4n) is 6.38. The third-order valence-electron chi connectivity index (χ3n) is 9.27. The number of benzene rings is 1. The SMILES string of the molecule is C=CC(=O)N1CCC(NC)CC1.Nc1ncccc1-c1nc2ccc(-n3ccc(C4(F)CC4)n3)nc2n1-c1ccc2c(c1)CCC2. The van der Waals surface area contributed by atoms with Crippen LogP contribution in [0.15, 0.2) is 73.6 Å². The number of piperidine rings is 1. The van der Waals surface area contributed by atoms with Gasteiger partial charge < -0.3 is 16.0 Å². The molecule has 5 heterocycles. The minimum absolute atomic E-state index is 0.0598. The van der Waals surface area contributed by atoms with E-state index in [1.165, 1.54) is 23.6 Å². The number of nitrogens with one attached hydrogen (secondary N) is 1. The van der Waals surface area contributed by atoms with Gasteiger partial charge in [-0.25, -0.2) is 24.0 Å². The van der Waals surface area contributed by atoms with Crippen LogP contribution in [0.4, 0.5) is 10.2 Å². The number of aromatic nitrogens is 6. The number of fused-ring (bicyclic) bond motifs is 2. The summed E-state index contributed by atoms with van der Waals surface area (Å²) in [5, 5.41) is 7.69. The Hall–Kier alpha value is -4.90. The molecule has 0 atom stereocenters. The van der Waals surface area contributed by atoms with Crippen LogP contribution in [0.5, 0.6) is 0 Å². The van der Waals surface area contributed by atoms with E-state index in [1.54, 1.807) is 23.1 Å². The van der Waals surface area contributed by atoms with Crippen LogP contribution in [0.3, 0.4) is 0 Å². The van der Waals surface area contributed by atoms with E-state index in [0.717, 1.165) is 55.5 Å². The van der Waals surface area contributed by atoms with E-state index in [-0.39, 0.29) is 5.91 Å². The van der Waals surface area contributed by atoms with E-state index < -0.39 is 5.67 Å². The lowest BCUT2D eigenvalue weighted by molar-refractivity contribution is -0.127. The van der Waals surface area contributed by atoms with Gasteiger partial charge in [0.2, 0.25) is 5.91 Å². The number of carbonyl (C=O) groups is 1. The van der Waals surface area contributed by atoms with E-state index in [9.17, 15) is 9.18 Å². The van der Waals surface area contributed by atoms with Gasteiger partial charge in [0.1, 0.15) is 17.0 Å². The van der Waals surface area contributed by atoms with Crippen molar-refractivity contribution in [3.8, 4) is 22.9 Å². The maximum absolute atomic E-state index is 14.5. The summed E-state index contributed by atoms with van der Waals surface area (Å²) in [6, 6.07) is 16.4. The highest BCUT2D eigenvalue weighted by atomic mass is 19.1. The Balaban J connectivity index is 0.000000240. The summed E-state index contributed by atoms with van der Waals surface area (Å²) in [7, 11) is 1.97. The second kappa shape index (κ2) is 12.1. The Morgan fingerprint density at radius 1 is 1.09 bits per heavy atom. The molecule has 2 fully saturated rings. The van der Waals surface area contributed by atoms with Crippen LogP contribution < -0.4 is 11.1 Å². The molecule has 3 aliphatic rings. The maximum Gasteiger partial charge on any atom is 0.245 e. The molecular weight excluding hydrogens is 581 g/mol. The Kier molecular flexibility index (Phi) is 7.85. The Labute approximate surface area is 267 Å². The molecule has 3 N–H and O–H groups in total. The third-order valence-corrected chi connectivity index (χ3v) is 9.27. The molecule has 1 amide bonds. The smallest absolute Gasteiger partial charge is 0.245 e. The number of hydrogen-bond donors (Lipinski definition) is 2. The number of alkyl halides is 1. The lowest BCUT2D eigenvalue weighted by atomic mass is 10.1. The maximum atomic E-state index is 14.5. The Morgan fingerprint density at radius 2 is 1.89 bits per heavy atom. The molecule has 11 heteroatoms. The van der Waals surface area contributed by atoms with Crippen LogP contribution in [0.1, 0.15) is 48.9 Å². The number of halogens is 1. The zero-order valence-electron chi connectivity index (χ0n) is 26.0. The Bertz CT molecular complexity index is 1920. The first-order valence-corrected chi connectivity index (χ1v) is 15.9. The van der Waals surface area contributed by atoms with Crippen LogP contribution in [0.25, 0.3) is 34.1 Å². The van der Waals surface area contributed by atoms with Crippen molar-refractivity contribution in [1.29, 1.82) is 0 Å². The number of nitrogens with two attached hydrogens (primary N) is 1. The summed E-state index contributed by atoms with van der Waals surface area (Å²) in [5.74, 6) is 1.76. The second-order valence-corrected chi connectivity index (χ2v) is 12.2. The van der Waals surface area contributed by atoms with Crippen LogP contribution >= 0.6 is 0 Å². The van der Waals surface area contributed by atoms with Gasteiger partial charge in [0, 0.05) is 37.2 Å². The first-order valence-electron chi connectivity index (χ1n) is 15.9. The molecule has 1 saturated carbocycles. The van der Waals surface area contributed by atoms with Crippen molar-refractivity contribution in [2.45, 2.75) is 56.7 Å². The molecule has 2 aliphatic carbocycles. The number of rotatable bonds is 6. The number of anilines is 1. The molecule has 0 bridgehead atoms. The lowest BCUT2D eigenvalue weighted by Crippen LogP contribution is -2.43. The predicted octanol–water partition coefficient (Wildman–Crippen LogP) is 5.08. The number of nitrogen functional groups attached to an aromatic ring is 1. The third kappa shape index (κ3) is 5.66. The van der Waals surface area contributed by atoms with E-state index in [0.29, 0.717) is 47.7 Å². The summed E-state index contributed by atoms with van der Waals surface area (Å²) in [6.45, 7) is 5.18. The molecule has 10 nitrogen and oxygen atoms in total. The average Bonchev–Trinajstić information content (AvgIpc) is 3.46. The first kappa shape index (κ1) is 29.8. The molecule has 4 aromatic heterocycles. The normalized spacial score (nSPS) is 17.0. The minimum Gasteiger partial charge on any atom is -0.383 e. The van der Waals surface area contributed by atoms with Gasteiger partial charge in [-0.05, 0) is 112 Å². The van der Waals surface area contributed by atoms with Gasteiger partial charge in [-0.2, -0.15) is 5.10 Å². The van der Waals surface area contributed by atoms with Gasteiger partial charge in [-0.3, -0.25) is 9.36 Å². The molecule has 5 aromatic rings. The largest absolute Gasteiger partial charge is 0.383 e. The molecule has 0 spiro atoms. The van der Waals surface area contributed by atoms with E-state index >= 15 is 0 Å². The number of carbonyl (C=O) groups excluding carboxylic acids is 1. The van der Waals surface area contributed by atoms with Crippen LogP contribution in [-0.4, -0.2) is 66.3 Å². The number of nitrogens with zero attached hydrogens (tertiary/aromatic N) is 7. The van der Waals surface area contributed by atoms with Crippen molar-refractivity contribution in [2.75, 3.05) is 25.9 Å². The van der Waals surface area contributed by atoms with Crippen LogP contribution in [-0.2, 0) is 23.3 Å². The number of amides is 1. The van der Waals surface area contributed by atoms with Crippen LogP contribution in [0.2, 0.25) is 0 Å². The zero-order valence-corrected chi connectivity index (χ0v) is 26.0. The van der Waals surface area contributed by atoms with Crippen molar-refractivity contribution in [3.05, 3.63) is 90.4 Å². The van der Waals surface area contributed by atoms with Gasteiger partial charge in [0.05, 0.1) is 5.56 Å². The number of pyridine rings is 2. The molecule has 1 saturated heterocycles. The first-order chi connectivity index (χ1) is 22.4. The monoisotopic (exact) mass is 619 g/mol. The van der Waals surface area contributed by atoms with Crippen LogP contribution in [0, 0.1) is 0 Å². The van der Waals surface area contributed by atoms with E-state index in [1.807, 2.05) is 40.8 Å².